The molecule has 0 aromatic heterocycles. The van der Waals surface area contributed by atoms with E-state index in [0.29, 0.717) is 5.02 Å². The van der Waals surface area contributed by atoms with Gasteiger partial charge in [-0.15, -0.1) is 0 Å². The van der Waals surface area contributed by atoms with Crippen molar-refractivity contribution in [1.29, 1.82) is 0 Å². The van der Waals surface area contributed by atoms with Crippen LogP contribution in [-0.2, 0) is 4.79 Å². The summed E-state index contributed by atoms with van der Waals surface area (Å²) < 4.78 is 0.866. The summed E-state index contributed by atoms with van der Waals surface area (Å²) in [5.74, 6) is -0.176. The van der Waals surface area contributed by atoms with Crippen LogP contribution in [0.5, 0.6) is 0 Å². The molecule has 0 radical (unpaired) electrons. The molecule has 0 fully saturated rings. The van der Waals surface area contributed by atoms with Crippen molar-refractivity contribution < 1.29 is 4.79 Å². The Morgan fingerprint density at radius 1 is 1.20 bits per heavy atom. The predicted molar refractivity (Wildman–Crippen MR) is 88.0 cm³/mol. The molecule has 0 unspecified atom stereocenters. The lowest BCUT2D eigenvalue weighted by Crippen LogP contribution is -2.08. The van der Waals surface area contributed by atoms with Crippen LogP contribution in [0.2, 0.25) is 5.02 Å². The van der Waals surface area contributed by atoms with Crippen molar-refractivity contribution in [3.63, 3.8) is 0 Å². The van der Waals surface area contributed by atoms with Gasteiger partial charge < -0.3 is 5.32 Å². The van der Waals surface area contributed by atoms with Crippen molar-refractivity contribution in [3.05, 3.63) is 69.2 Å². The average molecular weight is 351 g/mol. The SMILES string of the molecule is Cc1ccc(NC(=O)/C=C\c2ccc(Cl)cc2)c(Br)c1. The number of amides is 1. The molecule has 1 amide bonds. The van der Waals surface area contributed by atoms with Gasteiger partial charge in [0.15, 0.2) is 0 Å². The lowest BCUT2D eigenvalue weighted by molar-refractivity contribution is -0.111. The van der Waals surface area contributed by atoms with Crippen LogP contribution < -0.4 is 5.32 Å². The van der Waals surface area contributed by atoms with Gasteiger partial charge >= 0.3 is 0 Å². The van der Waals surface area contributed by atoms with Gasteiger partial charge in [0.1, 0.15) is 0 Å². The van der Waals surface area contributed by atoms with E-state index in [1.807, 2.05) is 37.3 Å². The van der Waals surface area contributed by atoms with E-state index in [1.54, 1.807) is 18.2 Å². The predicted octanol–water partition coefficient (Wildman–Crippen LogP) is 5.06. The van der Waals surface area contributed by atoms with E-state index >= 15 is 0 Å². The Morgan fingerprint density at radius 3 is 2.55 bits per heavy atom. The molecule has 0 bridgehead atoms. The van der Waals surface area contributed by atoms with Crippen LogP contribution in [0.3, 0.4) is 0 Å². The topological polar surface area (TPSA) is 29.1 Å². The minimum atomic E-state index is -0.176. The summed E-state index contributed by atoms with van der Waals surface area (Å²) in [6.07, 6.45) is 3.24. The number of carbonyl (C=O) groups is 1. The number of anilines is 1. The molecule has 0 heterocycles. The molecule has 0 aliphatic heterocycles. The highest BCUT2D eigenvalue weighted by atomic mass is 79.9. The first-order chi connectivity index (χ1) is 9.54. The molecule has 20 heavy (non-hydrogen) atoms. The summed E-state index contributed by atoms with van der Waals surface area (Å²) in [7, 11) is 0. The van der Waals surface area contributed by atoms with Gasteiger partial charge in [-0.3, -0.25) is 4.79 Å². The van der Waals surface area contributed by atoms with Crippen molar-refractivity contribution in [1.82, 2.24) is 0 Å². The maximum atomic E-state index is 11.8. The Morgan fingerprint density at radius 2 is 1.90 bits per heavy atom. The molecule has 102 valence electrons. The molecule has 2 rings (SSSR count). The smallest absolute Gasteiger partial charge is 0.248 e. The van der Waals surface area contributed by atoms with E-state index in [4.69, 9.17) is 11.6 Å². The normalized spacial score (nSPS) is 10.8. The van der Waals surface area contributed by atoms with Crippen molar-refractivity contribution >= 4 is 45.2 Å². The highest BCUT2D eigenvalue weighted by molar-refractivity contribution is 9.10. The van der Waals surface area contributed by atoms with Crippen LogP contribution in [0, 0.1) is 6.92 Å². The minimum absolute atomic E-state index is 0.176. The van der Waals surface area contributed by atoms with Gasteiger partial charge in [0, 0.05) is 15.6 Å². The fourth-order valence-corrected chi connectivity index (χ4v) is 2.36. The molecular formula is C16H13BrClNO. The molecule has 2 nitrogen and oxygen atoms in total. The van der Waals surface area contributed by atoms with Gasteiger partial charge in [-0.25, -0.2) is 0 Å². The maximum Gasteiger partial charge on any atom is 0.248 e. The van der Waals surface area contributed by atoms with Crippen LogP contribution in [0.25, 0.3) is 6.08 Å². The molecule has 0 saturated carbocycles. The van der Waals surface area contributed by atoms with Crippen molar-refractivity contribution in [2.24, 2.45) is 0 Å². The summed E-state index contributed by atoms with van der Waals surface area (Å²) in [6, 6.07) is 13.1. The summed E-state index contributed by atoms with van der Waals surface area (Å²) in [5.41, 5.74) is 2.81. The van der Waals surface area contributed by atoms with E-state index in [2.05, 4.69) is 21.2 Å². The van der Waals surface area contributed by atoms with E-state index in [1.165, 1.54) is 6.08 Å². The zero-order chi connectivity index (χ0) is 14.5. The Bertz CT molecular complexity index is 650. The molecular weight excluding hydrogens is 338 g/mol. The lowest BCUT2D eigenvalue weighted by atomic mass is 10.2. The number of aryl methyl sites for hydroxylation is 1. The number of hydrogen-bond donors (Lipinski definition) is 1. The van der Waals surface area contributed by atoms with Crippen LogP contribution >= 0.6 is 27.5 Å². The quantitative estimate of drug-likeness (QED) is 0.770. The summed E-state index contributed by atoms with van der Waals surface area (Å²) in [5, 5.41) is 3.50. The van der Waals surface area contributed by atoms with Gasteiger partial charge in [0.2, 0.25) is 5.91 Å². The first kappa shape index (κ1) is 14.8. The third kappa shape index (κ3) is 4.22. The van der Waals surface area contributed by atoms with Gasteiger partial charge in [-0.2, -0.15) is 0 Å². The summed E-state index contributed by atoms with van der Waals surface area (Å²) >= 11 is 9.23. The van der Waals surface area contributed by atoms with Gasteiger partial charge in [0.25, 0.3) is 0 Å². The second-order valence-corrected chi connectivity index (χ2v) is 5.65. The van der Waals surface area contributed by atoms with E-state index in [9.17, 15) is 4.79 Å². The van der Waals surface area contributed by atoms with E-state index < -0.39 is 0 Å². The minimum Gasteiger partial charge on any atom is -0.321 e. The number of rotatable bonds is 3. The Labute approximate surface area is 131 Å². The molecule has 0 spiro atoms. The monoisotopic (exact) mass is 349 g/mol. The zero-order valence-corrected chi connectivity index (χ0v) is 13.2. The number of nitrogens with one attached hydrogen (secondary N) is 1. The Balaban J connectivity index is 2.03. The fourth-order valence-electron chi connectivity index (χ4n) is 1.64. The molecule has 0 aliphatic carbocycles. The number of carbonyl (C=O) groups excluding carboxylic acids is 1. The van der Waals surface area contributed by atoms with Crippen molar-refractivity contribution in [3.8, 4) is 0 Å². The van der Waals surface area contributed by atoms with Crippen molar-refractivity contribution in [2.45, 2.75) is 6.92 Å². The van der Waals surface area contributed by atoms with Gasteiger partial charge in [0.05, 0.1) is 5.69 Å². The summed E-state index contributed by atoms with van der Waals surface area (Å²) in [6.45, 7) is 2.00. The van der Waals surface area contributed by atoms with Crippen LogP contribution in [0.1, 0.15) is 11.1 Å². The third-order valence-electron chi connectivity index (χ3n) is 2.68. The Kier molecular flexibility index (Phi) is 4.99. The lowest BCUT2D eigenvalue weighted by Gasteiger charge is -2.05. The van der Waals surface area contributed by atoms with Gasteiger partial charge in [-0.1, -0.05) is 29.8 Å². The first-order valence-electron chi connectivity index (χ1n) is 6.05. The zero-order valence-electron chi connectivity index (χ0n) is 10.9. The average Bonchev–Trinajstić information content (AvgIpc) is 2.41. The van der Waals surface area contributed by atoms with Crippen molar-refractivity contribution in [2.75, 3.05) is 5.32 Å². The highest BCUT2D eigenvalue weighted by Gasteiger charge is 2.02. The van der Waals surface area contributed by atoms with Crippen LogP contribution in [0.4, 0.5) is 5.69 Å². The first-order valence-corrected chi connectivity index (χ1v) is 7.22. The standard InChI is InChI=1S/C16H13BrClNO/c1-11-2-8-15(14(17)10-11)19-16(20)9-5-12-3-6-13(18)7-4-12/h2-10H,1H3,(H,19,20)/b9-5-. The van der Waals surface area contributed by atoms with Crippen LogP contribution in [0.15, 0.2) is 53.0 Å². The second-order valence-electron chi connectivity index (χ2n) is 4.36. The highest BCUT2D eigenvalue weighted by Crippen LogP contribution is 2.23. The largest absolute Gasteiger partial charge is 0.321 e. The number of hydrogen-bond acceptors (Lipinski definition) is 1. The molecule has 4 heteroatoms. The van der Waals surface area contributed by atoms with E-state index in [0.717, 1.165) is 21.3 Å². The molecule has 1 N–H and O–H groups in total. The third-order valence-corrected chi connectivity index (χ3v) is 3.59. The van der Waals surface area contributed by atoms with Crippen LogP contribution in [-0.4, -0.2) is 5.91 Å². The number of benzene rings is 2. The maximum absolute atomic E-state index is 11.8. The molecule has 0 aliphatic rings. The molecule has 2 aromatic rings. The Hall–Kier alpha value is -1.58. The second kappa shape index (κ2) is 6.73. The van der Waals surface area contributed by atoms with Gasteiger partial charge in [-0.05, 0) is 64.3 Å². The van der Waals surface area contributed by atoms with E-state index in [-0.39, 0.29) is 5.91 Å². The number of halogens is 2. The fraction of sp³-hybridized carbons (Fsp3) is 0.0625. The summed E-state index contributed by atoms with van der Waals surface area (Å²) in [4.78, 5) is 11.8. The molecule has 0 saturated heterocycles. The molecule has 2 aromatic carbocycles. The molecule has 0 atom stereocenters.